The van der Waals surface area contributed by atoms with Crippen LogP contribution in [0.25, 0.3) is 5.69 Å². The summed E-state index contributed by atoms with van der Waals surface area (Å²) >= 11 is 1.94. The van der Waals surface area contributed by atoms with Crippen LogP contribution in [-0.2, 0) is 10.9 Å². The third kappa shape index (κ3) is 3.59. The molecule has 0 unspecified atom stereocenters. The van der Waals surface area contributed by atoms with Gasteiger partial charge < -0.3 is 9.47 Å². The highest BCUT2D eigenvalue weighted by Crippen LogP contribution is 2.35. The number of esters is 1. The first kappa shape index (κ1) is 17.6. The zero-order chi connectivity index (χ0) is 17.2. The molecule has 0 amide bonds. The molecule has 23 heavy (non-hydrogen) atoms. The number of ether oxygens (including phenoxy) is 2. The summed E-state index contributed by atoms with van der Waals surface area (Å²) in [5.74, 6) is -0.532. The molecule has 0 fully saturated rings. The van der Waals surface area contributed by atoms with Gasteiger partial charge in [-0.3, -0.25) is 0 Å². The predicted octanol–water partition coefficient (Wildman–Crippen LogP) is 3.68. The Hall–Kier alpha value is -1.78. The number of hydrogen-bond donors (Lipinski definition) is 0. The second-order valence-electron chi connectivity index (χ2n) is 4.36. The number of methoxy groups -OCH3 is 1. The van der Waals surface area contributed by atoms with E-state index in [0.29, 0.717) is 14.0 Å². The van der Waals surface area contributed by atoms with Crippen LogP contribution in [0.4, 0.5) is 13.2 Å². The number of nitrogens with zero attached hydrogens (tertiary/aromatic N) is 2. The summed E-state index contributed by atoms with van der Waals surface area (Å²) in [5.41, 5.74) is -1.62. The first-order valence-corrected chi connectivity index (χ1v) is 7.53. The van der Waals surface area contributed by atoms with E-state index in [1.54, 1.807) is 0 Å². The first-order valence-electron chi connectivity index (χ1n) is 6.45. The Morgan fingerprint density at radius 1 is 1.39 bits per heavy atom. The monoisotopic (exact) mass is 440 g/mol. The number of alkyl halides is 3. The Labute approximate surface area is 143 Å². The number of benzene rings is 1. The van der Waals surface area contributed by atoms with Crippen molar-refractivity contribution in [1.82, 2.24) is 9.78 Å². The summed E-state index contributed by atoms with van der Waals surface area (Å²) in [6, 6.07) is 4.44. The fourth-order valence-electron chi connectivity index (χ4n) is 1.96. The lowest BCUT2D eigenvalue weighted by Crippen LogP contribution is -2.18. The van der Waals surface area contributed by atoms with E-state index in [0.717, 1.165) is 6.20 Å². The number of rotatable bonds is 4. The summed E-state index contributed by atoms with van der Waals surface area (Å²) in [5, 5.41) is 3.70. The second kappa shape index (κ2) is 6.77. The molecule has 0 aliphatic heterocycles. The van der Waals surface area contributed by atoms with Gasteiger partial charge >= 0.3 is 12.1 Å². The molecule has 0 spiro atoms. The van der Waals surface area contributed by atoms with Crippen molar-refractivity contribution in [1.29, 1.82) is 0 Å². The largest absolute Gasteiger partial charge is 0.496 e. The number of aromatic nitrogens is 2. The van der Waals surface area contributed by atoms with Gasteiger partial charge in [0.2, 0.25) is 0 Å². The smallest absolute Gasteiger partial charge is 0.434 e. The molecule has 0 bridgehead atoms. The molecule has 124 valence electrons. The van der Waals surface area contributed by atoms with Gasteiger partial charge in [0, 0.05) is 0 Å². The average Bonchev–Trinajstić information content (AvgIpc) is 2.92. The Balaban J connectivity index is 2.59. The Morgan fingerprint density at radius 3 is 2.61 bits per heavy atom. The number of carbonyl (C=O) groups is 1. The number of carbonyl (C=O) groups excluding carboxylic acids is 1. The van der Waals surface area contributed by atoms with Crippen LogP contribution in [0.2, 0.25) is 0 Å². The zero-order valence-corrected chi connectivity index (χ0v) is 14.3. The third-order valence-electron chi connectivity index (χ3n) is 2.91. The van der Waals surface area contributed by atoms with Gasteiger partial charge in [0.05, 0.1) is 29.2 Å². The molecule has 5 nitrogen and oxygen atoms in total. The average molecular weight is 440 g/mol. The maximum Gasteiger partial charge on any atom is 0.434 e. The minimum Gasteiger partial charge on any atom is -0.496 e. The molecular formula is C14H12F3IN2O3. The van der Waals surface area contributed by atoms with E-state index in [1.165, 1.54) is 32.2 Å². The highest BCUT2D eigenvalue weighted by Gasteiger charge is 2.41. The van der Waals surface area contributed by atoms with E-state index in [-0.39, 0.29) is 12.3 Å². The molecule has 1 heterocycles. The van der Waals surface area contributed by atoms with Crippen molar-refractivity contribution >= 4 is 28.6 Å². The van der Waals surface area contributed by atoms with E-state index < -0.39 is 23.4 Å². The van der Waals surface area contributed by atoms with E-state index in [9.17, 15) is 18.0 Å². The van der Waals surface area contributed by atoms with Gasteiger partial charge in [0.15, 0.2) is 5.69 Å². The van der Waals surface area contributed by atoms with Crippen LogP contribution in [-0.4, -0.2) is 29.5 Å². The highest BCUT2D eigenvalue weighted by atomic mass is 127. The molecule has 0 N–H and O–H groups in total. The van der Waals surface area contributed by atoms with Crippen LogP contribution in [0.15, 0.2) is 24.4 Å². The molecule has 0 aliphatic carbocycles. The summed E-state index contributed by atoms with van der Waals surface area (Å²) in [4.78, 5) is 11.7. The standard InChI is InChI=1S/C14H12F3IN2O3/c1-3-23-13(21)9-7-19-20(12(9)14(15,16)17)8-4-5-11(22-2)10(18)6-8/h4-7H,3H2,1-2H3. The van der Waals surface area contributed by atoms with Crippen LogP contribution in [0.5, 0.6) is 5.75 Å². The summed E-state index contributed by atoms with van der Waals surface area (Å²) in [6.07, 6.45) is -3.90. The fourth-order valence-corrected chi connectivity index (χ4v) is 2.68. The lowest BCUT2D eigenvalue weighted by Gasteiger charge is -2.13. The maximum atomic E-state index is 13.4. The summed E-state index contributed by atoms with van der Waals surface area (Å²) in [7, 11) is 1.46. The van der Waals surface area contributed by atoms with Crippen molar-refractivity contribution in [2.45, 2.75) is 13.1 Å². The molecular weight excluding hydrogens is 428 g/mol. The third-order valence-corrected chi connectivity index (χ3v) is 3.76. The molecule has 0 saturated heterocycles. The second-order valence-corrected chi connectivity index (χ2v) is 5.52. The summed E-state index contributed by atoms with van der Waals surface area (Å²) in [6.45, 7) is 1.49. The van der Waals surface area contributed by atoms with Crippen molar-refractivity contribution in [2.24, 2.45) is 0 Å². The topological polar surface area (TPSA) is 53.3 Å². The summed E-state index contributed by atoms with van der Waals surface area (Å²) < 4.78 is 51.2. The number of halogens is 4. The van der Waals surface area contributed by atoms with E-state index in [1.807, 2.05) is 22.6 Å². The normalized spacial score (nSPS) is 11.4. The molecule has 2 aromatic rings. The molecule has 1 aromatic carbocycles. The van der Waals surface area contributed by atoms with Gasteiger partial charge in [-0.05, 0) is 47.7 Å². The molecule has 0 saturated carbocycles. The minimum absolute atomic E-state index is 0.0260. The van der Waals surface area contributed by atoms with E-state index >= 15 is 0 Å². The lowest BCUT2D eigenvalue weighted by molar-refractivity contribution is -0.143. The highest BCUT2D eigenvalue weighted by molar-refractivity contribution is 14.1. The van der Waals surface area contributed by atoms with Gasteiger partial charge in [0.25, 0.3) is 0 Å². The molecule has 0 atom stereocenters. The predicted molar refractivity (Wildman–Crippen MR) is 83.8 cm³/mol. The molecule has 0 aliphatic rings. The van der Waals surface area contributed by atoms with Gasteiger partial charge in [0.1, 0.15) is 11.3 Å². The fraction of sp³-hybridized carbons (Fsp3) is 0.286. The van der Waals surface area contributed by atoms with Crippen LogP contribution in [0, 0.1) is 3.57 Å². The SMILES string of the molecule is CCOC(=O)c1cnn(-c2ccc(OC)c(I)c2)c1C(F)(F)F. The minimum atomic E-state index is -4.76. The molecule has 9 heteroatoms. The van der Waals surface area contributed by atoms with Crippen molar-refractivity contribution in [2.75, 3.05) is 13.7 Å². The van der Waals surface area contributed by atoms with Crippen molar-refractivity contribution in [3.63, 3.8) is 0 Å². The molecule has 1 aromatic heterocycles. The quantitative estimate of drug-likeness (QED) is 0.538. The lowest BCUT2D eigenvalue weighted by atomic mass is 10.2. The van der Waals surface area contributed by atoms with Crippen LogP contribution in [0.1, 0.15) is 23.0 Å². The maximum absolute atomic E-state index is 13.4. The molecule has 2 rings (SSSR count). The Kier molecular flexibility index (Phi) is 5.17. The van der Waals surface area contributed by atoms with Crippen LogP contribution < -0.4 is 4.74 Å². The van der Waals surface area contributed by atoms with E-state index in [4.69, 9.17) is 4.74 Å². The van der Waals surface area contributed by atoms with Gasteiger partial charge in [-0.1, -0.05) is 0 Å². The molecule has 0 radical (unpaired) electrons. The van der Waals surface area contributed by atoms with E-state index in [2.05, 4.69) is 9.84 Å². The van der Waals surface area contributed by atoms with Crippen molar-refractivity contribution < 1.29 is 27.4 Å². The van der Waals surface area contributed by atoms with Crippen molar-refractivity contribution in [3.8, 4) is 11.4 Å². The van der Waals surface area contributed by atoms with Crippen LogP contribution >= 0.6 is 22.6 Å². The zero-order valence-electron chi connectivity index (χ0n) is 12.1. The van der Waals surface area contributed by atoms with Gasteiger partial charge in [-0.25, -0.2) is 9.48 Å². The first-order chi connectivity index (χ1) is 10.8. The number of hydrogen-bond acceptors (Lipinski definition) is 4. The van der Waals surface area contributed by atoms with Crippen LogP contribution in [0.3, 0.4) is 0 Å². The van der Waals surface area contributed by atoms with Gasteiger partial charge in [-0.15, -0.1) is 0 Å². The van der Waals surface area contributed by atoms with Gasteiger partial charge in [-0.2, -0.15) is 18.3 Å². The van der Waals surface area contributed by atoms with Crippen molar-refractivity contribution in [3.05, 3.63) is 39.2 Å². The Morgan fingerprint density at radius 2 is 2.09 bits per heavy atom. The Bertz CT molecular complexity index is 729.